The number of benzene rings is 2. The van der Waals surface area contributed by atoms with Crippen molar-refractivity contribution in [2.24, 2.45) is 0 Å². The fourth-order valence-electron chi connectivity index (χ4n) is 1.67. The van der Waals surface area contributed by atoms with E-state index in [1.165, 1.54) is 24.3 Å². The van der Waals surface area contributed by atoms with Crippen molar-refractivity contribution in [2.45, 2.75) is 12.7 Å². The van der Waals surface area contributed by atoms with Crippen LogP contribution in [0.25, 0.3) is 0 Å². The topological polar surface area (TPSA) is 29.5 Å². The minimum atomic E-state index is -2.85. The quantitative estimate of drug-likeness (QED) is 0.919. The van der Waals surface area contributed by atoms with Crippen molar-refractivity contribution in [1.82, 2.24) is 0 Å². The van der Waals surface area contributed by atoms with Crippen LogP contribution in [0.2, 0.25) is 5.02 Å². The fraction of sp³-hybridized carbons (Fsp3) is 0.143. The highest BCUT2D eigenvalue weighted by atomic mass is 35.5. The van der Waals surface area contributed by atoms with Crippen LogP contribution in [0.1, 0.15) is 17.2 Å². The summed E-state index contributed by atoms with van der Waals surface area (Å²) in [6.45, 7) is -2.85. The molecule has 2 rings (SSSR count). The molecule has 0 spiro atoms. The molecule has 0 heterocycles. The number of aliphatic hydroxyl groups excluding tert-OH is 1. The summed E-state index contributed by atoms with van der Waals surface area (Å²) < 4.78 is 28.2. The first-order valence-electron chi connectivity index (χ1n) is 5.54. The molecule has 2 aromatic carbocycles. The van der Waals surface area contributed by atoms with Crippen LogP contribution in [-0.2, 0) is 0 Å². The van der Waals surface area contributed by atoms with Crippen LogP contribution in [0.5, 0.6) is 5.75 Å². The van der Waals surface area contributed by atoms with Gasteiger partial charge in [0, 0.05) is 5.02 Å². The van der Waals surface area contributed by atoms with Gasteiger partial charge in [-0.25, -0.2) is 0 Å². The molecule has 0 fully saturated rings. The Morgan fingerprint density at radius 1 is 0.895 bits per heavy atom. The zero-order valence-corrected chi connectivity index (χ0v) is 10.5. The number of aliphatic hydroxyl groups is 1. The summed E-state index contributed by atoms with van der Waals surface area (Å²) in [4.78, 5) is 0. The van der Waals surface area contributed by atoms with Crippen LogP contribution in [0.3, 0.4) is 0 Å². The Kier molecular flexibility index (Phi) is 4.35. The van der Waals surface area contributed by atoms with Crippen molar-refractivity contribution in [2.75, 3.05) is 0 Å². The van der Waals surface area contributed by atoms with E-state index in [-0.39, 0.29) is 5.75 Å². The third kappa shape index (κ3) is 3.66. The van der Waals surface area contributed by atoms with Crippen molar-refractivity contribution in [1.29, 1.82) is 0 Å². The van der Waals surface area contributed by atoms with Crippen molar-refractivity contribution in [3.05, 3.63) is 64.7 Å². The maximum absolute atomic E-state index is 12.0. The molecule has 0 aliphatic carbocycles. The smallest absolute Gasteiger partial charge is 0.387 e. The lowest BCUT2D eigenvalue weighted by molar-refractivity contribution is -0.0498. The molecule has 2 nitrogen and oxygen atoms in total. The van der Waals surface area contributed by atoms with E-state index in [1.807, 2.05) is 0 Å². The molecular weight excluding hydrogens is 274 g/mol. The standard InChI is InChI=1S/C14H11ClF2O2/c15-11-5-1-9(2-6-11)13(18)10-3-7-12(8-4-10)19-14(16)17/h1-8,13-14,18H/t13-/m0/s1. The summed E-state index contributed by atoms with van der Waals surface area (Å²) in [5.74, 6) is 0.0575. The van der Waals surface area contributed by atoms with Gasteiger partial charge in [-0.1, -0.05) is 35.9 Å². The molecule has 0 bridgehead atoms. The molecule has 19 heavy (non-hydrogen) atoms. The molecule has 0 aromatic heterocycles. The minimum absolute atomic E-state index is 0.0575. The first-order valence-corrected chi connectivity index (χ1v) is 5.92. The monoisotopic (exact) mass is 284 g/mol. The van der Waals surface area contributed by atoms with Crippen molar-refractivity contribution in [3.8, 4) is 5.75 Å². The van der Waals surface area contributed by atoms with Gasteiger partial charge in [0.1, 0.15) is 11.9 Å². The van der Waals surface area contributed by atoms with Crippen LogP contribution in [0, 0.1) is 0 Å². The Morgan fingerprint density at radius 2 is 1.37 bits per heavy atom. The van der Waals surface area contributed by atoms with Gasteiger partial charge in [-0.05, 0) is 35.4 Å². The zero-order chi connectivity index (χ0) is 13.8. The molecule has 0 saturated heterocycles. The molecule has 100 valence electrons. The molecule has 5 heteroatoms. The first kappa shape index (κ1) is 13.8. The number of rotatable bonds is 4. The summed E-state index contributed by atoms with van der Waals surface area (Å²) in [6, 6.07) is 12.6. The number of hydrogen-bond donors (Lipinski definition) is 1. The van der Waals surface area contributed by atoms with E-state index in [9.17, 15) is 13.9 Å². The van der Waals surface area contributed by atoms with Gasteiger partial charge in [-0.15, -0.1) is 0 Å². The van der Waals surface area contributed by atoms with Crippen LogP contribution in [-0.4, -0.2) is 11.7 Å². The maximum Gasteiger partial charge on any atom is 0.387 e. The highest BCUT2D eigenvalue weighted by Crippen LogP contribution is 2.25. The predicted molar refractivity (Wildman–Crippen MR) is 68.6 cm³/mol. The Labute approximate surface area is 114 Å². The van der Waals surface area contributed by atoms with E-state index < -0.39 is 12.7 Å². The SMILES string of the molecule is O[C@@H](c1ccc(Cl)cc1)c1ccc(OC(F)F)cc1. The van der Waals surface area contributed by atoms with Crippen LogP contribution >= 0.6 is 11.6 Å². The molecule has 0 aliphatic heterocycles. The number of alkyl halides is 2. The van der Waals surface area contributed by atoms with Crippen LogP contribution in [0.15, 0.2) is 48.5 Å². The molecule has 0 aliphatic rings. The van der Waals surface area contributed by atoms with Gasteiger partial charge in [-0.2, -0.15) is 8.78 Å². The normalized spacial score (nSPS) is 12.5. The van der Waals surface area contributed by atoms with Gasteiger partial charge < -0.3 is 9.84 Å². The van der Waals surface area contributed by atoms with Crippen molar-refractivity contribution >= 4 is 11.6 Å². The molecule has 0 unspecified atom stereocenters. The zero-order valence-electron chi connectivity index (χ0n) is 9.76. The molecule has 0 saturated carbocycles. The molecular formula is C14H11ClF2O2. The lowest BCUT2D eigenvalue weighted by Crippen LogP contribution is -2.03. The van der Waals surface area contributed by atoms with E-state index >= 15 is 0 Å². The summed E-state index contributed by atoms with van der Waals surface area (Å²) in [5, 5.41) is 10.7. The second-order valence-corrected chi connectivity index (χ2v) is 4.34. The summed E-state index contributed by atoms with van der Waals surface area (Å²) in [6.07, 6.45) is -0.835. The minimum Gasteiger partial charge on any atom is -0.435 e. The van der Waals surface area contributed by atoms with Crippen molar-refractivity contribution in [3.63, 3.8) is 0 Å². The van der Waals surface area contributed by atoms with Gasteiger partial charge in [0.25, 0.3) is 0 Å². The molecule has 0 radical (unpaired) electrons. The summed E-state index contributed by atoms with van der Waals surface area (Å²) in [7, 11) is 0. The lowest BCUT2D eigenvalue weighted by atomic mass is 10.0. The Hall–Kier alpha value is -1.65. The predicted octanol–water partition coefficient (Wildman–Crippen LogP) is 4.02. The summed E-state index contributed by atoms with van der Waals surface area (Å²) >= 11 is 5.76. The van der Waals surface area contributed by atoms with Gasteiger partial charge in [0.05, 0.1) is 0 Å². The van der Waals surface area contributed by atoms with Gasteiger partial charge in [-0.3, -0.25) is 0 Å². The van der Waals surface area contributed by atoms with E-state index in [1.54, 1.807) is 24.3 Å². The molecule has 1 N–H and O–H groups in total. The van der Waals surface area contributed by atoms with E-state index in [2.05, 4.69) is 4.74 Å². The first-order chi connectivity index (χ1) is 9.06. The van der Waals surface area contributed by atoms with E-state index in [0.717, 1.165) is 0 Å². The lowest BCUT2D eigenvalue weighted by Gasteiger charge is -2.12. The Morgan fingerprint density at radius 3 is 1.84 bits per heavy atom. The van der Waals surface area contributed by atoms with E-state index in [0.29, 0.717) is 16.1 Å². The third-order valence-corrected chi connectivity index (χ3v) is 2.86. The number of hydrogen-bond acceptors (Lipinski definition) is 2. The van der Waals surface area contributed by atoms with Gasteiger partial charge >= 0.3 is 6.61 Å². The third-order valence-electron chi connectivity index (χ3n) is 2.61. The van der Waals surface area contributed by atoms with Crippen LogP contribution in [0.4, 0.5) is 8.78 Å². The highest BCUT2D eigenvalue weighted by molar-refractivity contribution is 6.30. The fourth-order valence-corrected chi connectivity index (χ4v) is 1.80. The average Bonchev–Trinajstić information content (AvgIpc) is 2.39. The molecule has 1 atom stereocenters. The van der Waals surface area contributed by atoms with Crippen molar-refractivity contribution < 1.29 is 18.6 Å². The second-order valence-electron chi connectivity index (χ2n) is 3.90. The Balaban J connectivity index is 2.15. The van der Waals surface area contributed by atoms with E-state index in [4.69, 9.17) is 11.6 Å². The highest BCUT2D eigenvalue weighted by Gasteiger charge is 2.11. The number of ether oxygens (including phenoxy) is 1. The second kappa shape index (κ2) is 5.99. The average molecular weight is 285 g/mol. The molecule has 2 aromatic rings. The molecule has 0 amide bonds. The van der Waals surface area contributed by atoms with Gasteiger partial charge in [0.15, 0.2) is 0 Å². The van der Waals surface area contributed by atoms with Gasteiger partial charge in [0.2, 0.25) is 0 Å². The Bertz CT molecular complexity index is 526. The van der Waals surface area contributed by atoms with Crippen LogP contribution < -0.4 is 4.74 Å². The largest absolute Gasteiger partial charge is 0.435 e. The number of halogens is 3. The maximum atomic E-state index is 12.0. The summed E-state index contributed by atoms with van der Waals surface area (Å²) in [5.41, 5.74) is 1.26.